The fraction of sp³-hybridized carbons (Fsp3) is 0.231. The highest BCUT2D eigenvalue weighted by Crippen LogP contribution is 2.31. The molecule has 4 nitrogen and oxygen atoms in total. The van der Waals surface area contributed by atoms with Crippen molar-refractivity contribution in [3.63, 3.8) is 0 Å². The Hall–Kier alpha value is -1.81. The van der Waals surface area contributed by atoms with Crippen molar-refractivity contribution in [2.75, 3.05) is 19.1 Å². The highest BCUT2D eigenvalue weighted by molar-refractivity contribution is 6.31. The van der Waals surface area contributed by atoms with Gasteiger partial charge in [0.1, 0.15) is 6.33 Å². The third kappa shape index (κ3) is 2.71. The Kier molecular flexibility index (Phi) is 3.99. The van der Waals surface area contributed by atoms with Gasteiger partial charge in [0.2, 0.25) is 0 Å². The lowest BCUT2D eigenvalue weighted by atomic mass is 10.2. The van der Waals surface area contributed by atoms with Gasteiger partial charge < -0.3 is 9.64 Å². The van der Waals surface area contributed by atoms with Gasteiger partial charge in [0, 0.05) is 13.6 Å². The van der Waals surface area contributed by atoms with E-state index in [-0.39, 0.29) is 0 Å². The molecule has 0 amide bonds. The van der Waals surface area contributed by atoms with Crippen molar-refractivity contribution in [2.45, 2.75) is 6.54 Å². The molecular weight excluding hydrogens is 250 g/mol. The van der Waals surface area contributed by atoms with E-state index in [0.717, 1.165) is 6.54 Å². The Balaban J connectivity index is 2.24. The van der Waals surface area contributed by atoms with E-state index in [9.17, 15) is 0 Å². The molecule has 0 saturated heterocycles. The summed E-state index contributed by atoms with van der Waals surface area (Å²) in [5, 5.41) is 0.322. The molecule has 1 heterocycles. The average molecular weight is 264 g/mol. The van der Waals surface area contributed by atoms with Crippen LogP contribution in [0.1, 0.15) is 5.56 Å². The van der Waals surface area contributed by atoms with E-state index in [2.05, 4.69) is 22.1 Å². The first-order valence-corrected chi connectivity index (χ1v) is 5.89. The monoisotopic (exact) mass is 263 g/mol. The molecule has 0 aliphatic heterocycles. The normalized spacial score (nSPS) is 10.2. The summed E-state index contributed by atoms with van der Waals surface area (Å²) < 4.78 is 5.24. The maximum atomic E-state index is 5.97. The molecule has 2 rings (SSSR count). The Bertz CT molecular complexity index is 519. The molecule has 94 valence electrons. The van der Waals surface area contributed by atoms with Crippen LogP contribution in [-0.2, 0) is 6.54 Å². The second-order valence-corrected chi connectivity index (χ2v) is 4.22. The largest absolute Gasteiger partial charge is 0.490 e. The van der Waals surface area contributed by atoms with Crippen LogP contribution >= 0.6 is 11.6 Å². The van der Waals surface area contributed by atoms with Gasteiger partial charge in [-0.1, -0.05) is 41.9 Å². The summed E-state index contributed by atoms with van der Waals surface area (Å²) in [5.41, 5.74) is 1.19. The SMILES string of the molecule is COc1c(Cl)ncnc1N(C)Cc1ccccc1. The standard InChI is InChI=1S/C13H14ClN3O/c1-17(8-10-6-4-3-5-7-10)13-11(18-2)12(14)15-9-16-13/h3-7,9H,8H2,1-2H3. The molecule has 0 N–H and O–H groups in total. The number of halogens is 1. The van der Waals surface area contributed by atoms with Crippen LogP contribution < -0.4 is 9.64 Å². The number of ether oxygens (including phenoxy) is 1. The molecule has 0 fully saturated rings. The zero-order valence-corrected chi connectivity index (χ0v) is 11.1. The summed E-state index contributed by atoms with van der Waals surface area (Å²) in [5.74, 6) is 1.18. The third-order valence-corrected chi connectivity index (χ3v) is 2.84. The lowest BCUT2D eigenvalue weighted by Crippen LogP contribution is -2.18. The van der Waals surface area contributed by atoms with Crippen LogP contribution in [0.5, 0.6) is 5.75 Å². The second-order valence-electron chi connectivity index (χ2n) is 3.86. The molecule has 0 unspecified atom stereocenters. The first-order valence-electron chi connectivity index (χ1n) is 5.52. The van der Waals surface area contributed by atoms with Crippen molar-refractivity contribution in [1.29, 1.82) is 0 Å². The van der Waals surface area contributed by atoms with Gasteiger partial charge in [-0.15, -0.1) is 0 Å². The predicted octanol–water partition coefficient (Wildman–Crippen LogP) is 2.78. The van der Waals surface area contributed by atoms with E-state index >= 15 is 0 Å². The zero-order valence-electron chi connectivity index (χ0n) is 10.3. The molecule has 0 saturated carbocycles. The van der Waals surface area contributed by atoms with Crippen molar-refractivity contribution >= 4 is 17.4 Å². The van der Waals surface area contributed by atoms with Crippen molar-refractivity contribution < 1.29 is 4.74 Å². The number of nitrogens with zero attached hydrogens (tertiary/aromatic N) is 3. The Morgan fingerprint density at radius 2 is 1.94 bits per heavy atom. The van der Waals surface area contributed by atoms with Crippen LogP contribution in [0.2, 0.25) is 5.15 Å². The van der Waals surface area contributed by atoms with Gasteiger partial charge in [-0.3, -0.25) is 0 Å². The molecule has 1 aromatic carbocycles. The van der Waals surface area contributed by atoms with Crippen LogP contribution in [0.4, 0.5) is 5.82 Å². The van der Waals surface area contributed by atoms with Crippen LogP contribution in [0.15, 0.2) is 36.7 Å². The number of hydrogen-bond acceptors (Lipinski definition) is 4. The van der Waals surface area contributed by atoms with E-state index in [1.165, 1.54) is 11.9 Å². The van der Waals surface area contributed by atoms with E-state index in [4.69, 9.17) is 16.3 Å². The Labute approximate surface area is 111 Å². The number of rotatable bonds is 4. The number of anilines is 1. The number of benzene rings is 1. The smallest absolute Gasteiger partial charge is 0.199 e. The molecule has 2 aromatic rings. The summed E-state index contributed by atoms with van der Waals surface area (Å²) in [6.07, 6.45) is 1.43. The molecule has 18 heavy (non-hydrogen) atoms. The van der Waals surface area contributed by atoms with Crippen molar-refractivity contribution in [2.24, 2.45) is 0 Å². The lowest BCUT2D eigenvalue weighted by Gasteiger charge is -2.20. The minimum Gasteiger partial charge on any atom is -0.490 e. The predicted molar refractivity (Wildman–Crippen MR) is 72.1 cm³/mol. The first-order chi connectivity index (χ1) is 8.72. The summed E-state index contributed by atoms with van der Waals surface area (Å²) in [6.45, 7) is 0.727. The van der Waals surface area contributed by atoms with Gasteiger partial charge in [0.05, 0.1) is 7.11 Å². The Morgan fingerprint density at radius 1 is 1.22 bits per heavy atom. The fourth-order valence-corrected chi connectivity index (χ4v) is 1.93. The van der Waals surface area contributed by atoms with Gasteiger partial charge in [0.25, 0.3) is 0 Å². The minimum absolute atomic E-state index is 0.322. The first kappa shape index (κ1) is 12.6. The minimum atomic E-state index is 0.322. The summed E-state index contributed by atoms with van der Waals surface area (Å²) >= 11 is 5.97. The van der Waals surface area contributed by atoms with Gasteiger partial charge >= 0.3 is 0 Å². The van der Waals surface area contributed by atoms with Crippen LogP contribution in [0.3, 0.4) is 0 Å². The molecule has 0 aliphatic carbocycles. The molecule has 0 bridgehead atoms. The molecule has 0 radical (unpaired) electrons. The molecular formula is C13H14ClN3O. The van der Waals surface area contributed by atoms with Crippen LogP contribution in [0.25, 0.3) is 0 Å². The fourth-order valence-electron chi connectivity index (χ4n) is 1.72. The average Bonchev–Trinajstić information content (AvgIpc) is 2.39. The van der Waals surface area contributed by atoms with Crippen LogP contribution in [-0.4, -0.2) is 24.1 Å². The van der Waals surface area contributed by atoms with E-state index in [0.29, 0.717) is 16.7 Å². The van der Waals surface area contributed by atoms with Gasteiger partial charge in [0.15, 0.2) is 16.7 Å². The number of aromatic nitrogens is 2. The second kappa shape index (κ2) is 5.69. The Morgan fingerprint density at radius 3 is 2.61 bits per heavy atom. The highest BCUT2D eigenvalue weighted by Gasteiger charge is 2.14. The number of methoxy groups -OCH3 is 1. The molecule has 1 aromatic heterocycles. The van der Waals surface area contributed by atoms with Gasteiger partial charge in [-0.25, -0.2) is 9.97 Å². The maximum absolute atomic E-state index is 5.97. The van der Waals surface area contributed by atoms with Crippen molar-refractivity contribution in [3.8, 4) is 5.75 Å². The molecule has 0 atom stereocenters. The van der Waals surface area contributed by atoms with E-state index in [1.54, 1.807) is 7.11 Å². The molecule has 5 heteroatoms. The van der Waals surface area contributed by atoms with Gasteiger partial charge in [-0.2, -0.15) is 0 Å². The maximum Gasteiger partial charge on any atom is 0.199 e. The topological polar surface area (TPSA) is 38.3 Å². The summed E-state index contributed by atoms with van der Waals surface area (Å²) in [6, 6.07) is 10.1. The van der Waals surface area contributed by atoms with E-state index in [1.807, 2.05) is 30.1 Å². The highest BCUT2D eigenvalue weighted by atomic mass is 35.5. The van der Waals surface area contributed by atoms with Crippen LogP contribution in [0, 0.1) is 0 Å². The van der Waals surface area contributed by atoms with Crippen molar-refractivity contribution in [3.05, 3.63) is 47.4 Å². The van der Waals surface area contributed by atoms with E-state index < -0.39 is 0 Å². The molecule has 0 spiro atoms. The summed E-state index contributed by atoms with van der Waals surface area (Å²) in [4.78, 5) is 10.1. The quantitative estimate of drug-likeness (QED) is 0.795. The zero-order chi connectivity index (χ0) is 13.0. The third-order valence-electron chi connectivity index (χ3n) is 2.57. The van der Waals surface area contributed by atoms with Crippen molar-refractivity contribution in [1.82, 2.24) is 9.97 Å². The number of hydrogen-bond donors (Lipinski definition) is 0. The molecule has 0 aliphatic rings. The van der Waals surface area contributed by atoms with Gasteiger partial charge in [-0.05, 0) is 5.56 Å². The lowest BCUT2D eigenvalue weighted by molar-refractivity contribution is 0.411. The summed E-state index contributed by atoms with van der Waals surface area (Å²) in [7, 11) is 3.50.